The lowest BCUT2D eigenvalue weighted by Crippen LogP contribution is -2.91. The van der Waals surface area contributed by atoms with Crippen LogP contribution in [0.25, 0.3) is 0 Å². The van der Waals surface area contributed by atoms with E-state index in [4.69, 9.17) is 17.3 Å². The molecule has 5 nitrogen and oxygen atoms in total. The van der Waals surface area contributed by atoms with E-state index in [1.165, 1.54) is 0 Å². The molecular weight excluding hydrogens is 326 g/mol. The van der Waals surface area contributed by atoms with E-state index in [0.717, 1.165) is 5.56 Å². The van der Waals surface area contributed by atoms with Gasteiger partial charge in [0.2, 0.25) is 5.91 Å². The molecule has 0 aliphatic carbocycles. The third kappa shape index (κ3) is 4.81. The van der Waals surface area contributed by atoms with Crippen LogP contribution in [0.1, 0.15) is 35.8 Å². The first-order chi connectivity index (χ1) is 11.4. The number of rotatable bonds is 6. The van der Waals surface area contributed by atoms with Crippen molar-refractivity contribution in [3.05, 3.63) is 64.7 Å². The van der Waals surface area contributed by atoms with Crippen LogP contribution in [0.4, 0.5) is 5.69 Å². The lowest BCUT2D eigenvalue weighted by atomic mass is 10.1. The lowest BCUT2D eigenvalue weighted by molar-refractivity contribution is -0.709. The van der Waals surface area contributed by atoms with E-state index in [0.29, 0.717) is 16.3 Å². The second kappa shape index (κ2) is 7.95. The zero-order chi connectivity index (χ0) is 17.7. The minimum absolute atomic E-state index is 0.0988. The lowest BCUT2D eigenvalue weighted by Gasteiger charge is -2.17. The summed E-state index contributed by atoms with van der Waals surface area (Å²) in [6.45, 7) is 3.87. The van der Waals surface area contributed by atoms with Crippen LogP contribution in [0.15, 0.2) is 48.5 Å². The van der Waals surface area contributed by atoms with Gasteiger partial charge in [-0.2, -0.15) is 0 Å². The number of carbonyl (C=O) groups is 2. The van der Waals surface area contributed by atoms with E-state index in [1.54, 1.807) is 24.3 Å². The highest BCUT2D eigenvalue weighted by Crippen LogP contribution is 2.15. The van der Waals surface area contributed by atoms with Gasteiger partial charge in [-0.25, -0.2) is 0 Å². The predicted molar refractivity (Wildman–Crippen MR) is 94.8 cm³/mol. The number of hydrogen-bond donors (Lipinski definition) is 3. The van der Waals surface area contributed by atoms with Crippen LogP contribution in [0.2, 0.25) is 5.02 Å². The first-order valence-electron chi connectivity index (χ1n) is 7.68. The predicted octanol–water partition coefficient (Wildman–Crippen LogP) is 2.09. The fraction of sp³-hybridized carbons (Fsp3) is 0.222. The van der Waals surface area contributed by atoms with Gasteiger partial charge < -0.3 is 16.4 Å². The van der Waals surface area contributed by atoms with Crippen LogP contribution < -0.4 is 16.4 Å². The molecule has 0 saturated carbocycles. The molecule has 0 fully saturated rings. The minimum atomic E-state index is -0.495. The maximum Gasteiger partial charge on any atom is 0.282 e. The van der Waals surface area contributed by atoms with Crippen molar-refractivity contribution in [2.75, 3.05) is 5.32 Å². The Morgan fingerprint density at radius 3 is 2.38 bits per heavy atom. The van der Waals surface area contributed by atoms with Crippen molar-refractivity contribution in [1.29, 1.82) is 0 Å². The average molecular weight is 347 g/mol. The fourth-order valence-electron chi connectivity index (χ4n) is 2.40. The summed E-state index contributed by atoms with van der Waals surface area (Å²) in [7, 11) is 0. The summed E-state index contributed by atoms with van der Waals surface area (Å²) in [5.41, 5.74) is 7.29. The molecule has 0 aliphatic rings. The van der Waals surface area contributed by atoms with E-state index < -0.39 is 5.91 Å². The molecule has 0 bridgehead atoms. The van der Waals surface area contributed by atoms with Crippen molar-refractivity contribution in [3.8, 4) is 0 Å². The van der Waals surface area contributed by atoms with Gasteiger partial charge in [-0.3, -0.25) is 9.59 Å². The van der Waals surface area contributed by atoms with E-state index in [9.17, 15) is 9.59 Å². The number of hydrogen-bond acceptors (Lipinski definition) is 2. The topological polar surface area (TPSA) is 88.8 Å². The highest BCUT2D eigenvalue weighted by molar-refractivity contribution is 6.30. The summed E-state index contributed by atoms with van der Waals surface area (Å²) in [4.78, 5) is 23.3. The second-order valence-electron chi connectivity index (χ2n) is 5.76. The SMILES string of the molecule is C[C@H]([NH2+][C@H](C)c1cccc(Cl)c1)C(=O)Nc1ccc(C(N)=O)cc1. The van der Waals surface area contributed by atoms with Crippen LogP contribution in [0, 0.1) is 0 Å². The third-order valence-corrected chi connectivity index (χ3v) is 4.04. The largest absolute Gasteiger partial charge is 0.366 e. The van der Waals surface area contributed by atoms with Gasteiger partial charge in [0.25, 0.3) is 5.91 Å². The molecule has 2 rings (SSSR count). The molecule has 0 aliphatic heterocycles. The Bertz CT molecular complexity index is 731. The number of halogens is 1. The molecule has 0 spiro atoms. The van der Waals surface area contributed by atoms with Crippen molar-refractivity contribution < 1.29 is 14.9 Å². The molecule has 0 aromatic heterocycles. The number of quaternary nitrogens is 1. The van der Waals surface area contributed by atoms with Crippen LogP contribution in [0.3, 0.4) is 0 Å². The molecule has 2 amide bonds. The van der Waals surface area contributed by atoms with Gasteiger partial charge in [0.05, 0.1) is 0 Å². The Morgan fingerprint density at radius 1 is 1.12 bits per heavy atom. The van der Waals surface area contributed by atoms with Gasteiger partial charge in [0.1, 0.15) is 6.04 Å². The maximum atomic E-state index is 12.3. The summed E-state index contributed by atoms with van der Waals surface area (Å²) < 4.78 is 0. The number of carbonyl (C=O) groups excluding carboxylic acids is 2. The van der Waals surface area contributed by atoms with Crippen molar-refractivity contribution in [1.82, 2.24) is 0 Å². The number of nitrogens with one attached hydrogen (secondary N) is 1. The van der Waals surface area contributed by atoms with Crippen molar-refractivity contribution >= 4 is 29.1 Å². The summed E-state index contributed by atoms with van der Waals surface area (Å²) in [6.07, 6.45) is 0. The highest BCUT2D eigenvalue weighted by atomic mass is 35.5. The number of amides is 2. The van der Waals surface area contributed by atoms with Crippen molar-refractivity contribution in [2.24, 2.45) is 5.73 Å². The molecule has 2 atom stereocenters. The Kier molecular flexibility index (Phi) is 5.95. The van der Waals surface area contributed by atoms with Crippen LogP contribution >= 0.6 is 11.6 Å². The molecular formula is C18H21ClN3O2+. The van der Waals surface area contributed by atoms with Gasteiger partial charge in [-0.15, -0.1) is 0 Å². The Balaban J connectivity index is 1.95. The van der Waals surface area contributed by atoms with E-state index >= 15 is 0 Å². The fourth-order valence-corrected chi connectivity index (χ4v) is 2.59. The zero-order valence-electron chi connectivity index (χ0n) is 13.6. The number of nitrogens with two attached hydrogens (primary N) is 2. The highest BCUT2D eigenvalue weighted by Gasteiger charge is 2.20. The van der Waals surface area contributed by atoms with E-state index in [-0.39, 0.29) is 18.0 Å². The first-order valence-corrected chi connectivity index (χ1v) is 8.06. The van der Waals surface area contributed by atoms with E-state index in [2.05, 4.69) is 5.32 Å². The number of benzene rings is 2. The third-order valence-electron chi connectivity index (χ3n) is 3.80. The van der Waals surface area contributed by atoms with Crippen molar-refractivity contribution in [3.63, 3.8) is 0 Å². The quantitative estimate of drug-likeness (QED) is 0.747. The molecule has 0 unspecified atom stereocenters. The zero-order valence-corrected chi connectivity index (χ0v) is 14.4. The van der Waals surface area contributed by atoms with Gasteiger partial charge >= 0.3 is 0 Å². The van der Waals surface area contributed by atoms with Gasteiger partial charge in [-0.05, 0) is 50.2 Å². The smallest absolute Gasteiger partial charge is 0.282 e. The average Bonchev–Trinajstić information content (AvgIpc) is 2.55. The standard InChI is InChI=1S/C18H20ClN3O2/c1-11(14-4-3-5-15(19)10-14)21-12(2)18(24)22-16-8-6-13(7-9-16)17(20)23/h3-12,21H,1-2H3,(H2,20,23)(H,22,24)/p+1/t11-,12+/m1/s1. The van der Waals surface area contributed by atoms with Gasteiger partial charge in [0, 0.05) is 21.8 Å². The van der Waals surface area contributed by atoms with Crippen LogP contribution in [-0.2, 0) is 4.79 Å². The summed E-state index contributed by atoms with van der Waals surface area (Å²) in [6, 6.07) is 13.9. The minimum Gasteiger partial charge on any atom is -0.366 e. The molecule has 126 valence electrons. The molecule has 0 heterocycles. The maximum absolute atomic E-state index is 12.3. The van der Waals surface area contributed by atoms with Crippen LogP contribution in [-0.4, -0.2) is 17.9 Å². The Labute approximate surface area is 146 Å². The number of primary amides is 1. The molecule has 24 heavy (non-hydrogen) atoms. The Hall–Kier alpha value is -2.37. The molecule has 5 N–H and O–H groups in total. The normalized spacial score (nSPS) is 13.1. The Morgan fingerprint density at radius 2 is 1.79 bits per heavy atom. The van der Waals surface area contributed by atoms with Gasteiger partial charge in [0.15, 0.2) is 6.04 Å². The monoisotopic (exact) mass is 346 g/mol. The summed E-state index contributed by atoms with van der Waals surface area (Å²) >= 11 is 6.00. The van der Waals surface area contributed by atoms with Crippen LogP contribution in [0.5, 0.6) is 0 Å². The molecule has 2 aromatic rings. The second-order valence-corrected chi connectivity index (χ2v) is 6.19. The molecule has 6 heteroatoms. The summed E-state index contributed by atoms with van der Waals surface area (Å²) in [5.74, 6) is -0.611. The summed E-state index contributed by atoms with van der Waals surface area (Å²) in [5, 5.41) is 5.48. The van der Waals surface area contributed by atoms with E-state index in [1.807, 2.05) is 43.4 Å². The molecule has 2 aromatic carbocycles. The van der Waals surface area contributed by atoms with Crippen molar-refractivity contribution in [2.45, 2.75) is 25.9 Å². The molecule has 0 saturated heterocycles. The first kappa shape index (κ1) is 18.0. The molecule has 0 radical (unpaired) electrons. The number of anilines is 1. The van der Waals surface area contributed by atoms with Gasteiger partial charge in [-0.1, -0.05) is 23.7 Å².